The molecule has 0 aromatic rings. The standard InChI is InChI=1S/C38H76O14/c1-5-9-13-40-17-21-44-25-29-48-35-34(33-39)52-38(51-32-28-47-24-20-43-16-12-8-4)37(50-31-27-46-23-19-42-15-11-7-3)36(35)49-30-26-45-22-18-41-14-10-6-2/h34-39H,5-33H2,1-4H3/t34-,35-,36+,37-,38?/m1/s1. The van der Waals surface area contributed by atoms with Crippen molar-refractivity contribution in [3.05, 3.63) is 0 Å². The molecule has 0 aromatic heterocycles. The molecule has 1 aliphatic heterocycles. The number of unbranched alkanes of at least 4 members (excludes halogenated alkanes) is 4. The van der Waals surface area contributed by atoms with Crippen molar-refractivity contribution >= 4 is 0 Å². The van der Waals surface area contributed by atoms with Crippen LogP contribution in [-0.2, 0) is 61.6 Å². The third kappa shape index (κ3) is 27.1. The summed E-state index contributed by atoms with van der Waals surface area (Å²) < 4.78 is 76.8. The molecule has 1 rings (SSSR count). The third-order valence-corrected chi connectivity index (χ3v) is 7.95. The molecule has 0 radical (unpaired) electrons. The van der Waals surface area contributed by atoms with Crippen LogP contribution in [0.1, 0.15) is 79.1 Å². The molecule has 0 saturated carbocycles. The Morgan fingerprint density at radius 3 is 0.981 bits per heavy atom. The lowest BCUT2D eigenvalue weighted by Gasteiger charge is -2.45. The van der Waals surface area contributed by atoms with Crippen molar-refractivity contribution in [2.45, 2.75) is 110 Å². The first-order chi connectivity index (χ1) is 25.7. The second-order valence-electron chi connectivity index (χ2n) is 12.4. The molecular weight excluding hydrogens is 680 g/mol. The van der Waals surface area contributed by atoms with E-state index < -0.39 is 30.7 Å². The van der Waals surface area contributed by atoms with Crippen LogP contribution < -0.4 is 0 Å². The number of aliphatic hydroxyl groups excluding tert-OH is 1. The fourth-order valence-electron chi connectivity index (χ4n) is 4.95. The molecule has 1 aliphatic rings. The summed E-state index contributed by atoms with van der Waals surface area (Å²) >= 11 is 0. The zero-order chi connectivity index (χ0) is 37.6. The molecule has 1 fully saturated rings. The minimum atomic E-state index is -0.854. The van der Waals surface area contributed by atoms with Gasteiger partial charge < -0.3 is 66.7 Å². The first kappa shape index (κ1) is 49.5. The molecular formula is C38H76O14. The van der Waals surface area contributed by atoms with Crippen LogP contribution in [0.3, 0.4) is 0 Å². The normalized spacial score (nSPS) is 20.6. The first-order valence-corrected chi connectivity index (χ1v) is 20.1. The summed E-state index contributed by atoms with van der Waals surface area (Å²) in [6.07, 6.45) is 4.88. The molecule has 312 valence electrons. The van der Waals surface area contributed by atoms with Gasteiger partial charge in [0.1, 0.15) is 24.4 Å². The molecule has 14 heteroatoms. The van der Waals surface area contributed by atoms with Gasteiger partial charge >= 0.3 is 0 Å². The molecule has 1 saturated heterocycles. The number of rotatable bonds is 41. The van der Waals surface area contributed by atoms with E-state index in [1.807, 2.05) is 0 Å². The van der Waals surface area contributed by atoms with E-state index in [4.69, 9.17) is 61.6 Å². The maximum atomic E-state index is 10.4. The van der Waals surface area contributed by atoms with E-state index in [1.165, 1.54) is 0 Å². The minimum absolute atomic E-state index is 0.247. The van der Waals surface area contributed by atoms with Crippen LogP contribution in [0.2, 0.25) is 0 Å². The Morgan fingerprint density at radius 1 is 0.346 bits per heavy atom. The summed E-state index contributed by atoms with van der Waals surface area (Å²) in [4.78, 5) is 0. The number of aliphatic hydroxyl groups is 1. The maximum Gasteiger partial charge on any atom is 0.187 e. The topological polar surface area (TPSA) is 140 Å². The van der Waals surface area contributed by atoms with Crippen LogP contribution in [-0.4, -0.2) is 175 Å². The van der Waals surface area contributed by atoms with E-state index in [9.17, 15) is 5.11 Å². The molecule has 1 unspecified atom stereocenters. The highest BCUT2D eigenvalue weighted by Gasteiger charge is 2.48. The van der Waals surface area contributed by atoms with E-state index in [0.29, 0.717) is 79.3 Å². The lowest BCUT2D eigenvalue weighted by atomic mass is 9.98. The van der Waals surface area contributed by atoms with Gasteiger partial charge in [0.25, 0.3) is 0 Å². The average Bonchev–Trinajstić information content (AvgIpc) is 3.16. The van der Waals surface area contributed by atoms with Crippen molar-refractivity contribution in [2.75, 3.05) is 139 Å². The zero-order valence-corrected chi connectivity index (χ0v) is 33.1. The Labute approximate surface area is 315 Å². The van der Waals surface area contributed by atoms with Gasteiger partial charge in [-0.15, -0.1) is 0 Å². The van der Waals surface area contributed by atoms with Crippen LogP contribution in [0.4, 0.5) is 0 Å². The Balaban J connectivity index is 2.85. The van der Waals surface area contributed by atoms with Gasteiger partial charge in [-0.05, 0) is 25.7 Å². The maximum absolute atomic E-state index is 10.4. The Bertz CT molecular complexity index is 709. The second kappa shape index (κ2) is 38.7. The van der Waals surface area contributed by atoms with Crippen LogP contribution >= 0.6 is 0 Å². The van der Waals surface area contributed by atoms with Gasteiger partial charge in [0, 0.05) is 26.4 Å². The third-order valence-electron chi connectivity index (χ3n) is 7.95. The van der Waals surface area contributed by atoms with Gasteiger partial charge in [-0.1, -0.05) is 53.4 Å². The Hall–Kier alpha value is -0.560. The van der Waals surface area contributed by atoms with Crippen molar-refractivity contribution in [2.24, 2.45) is 0 Å². The molecule has 1 N–H and O–H groups in total. The highest BCUT2D eigenvalue weighted by molar-refractivity contribution is 4.93. The van der Waals surface area contributed by atoms with Crippen molar-refractivity contribution in [1.29, 1.82) is 0 Å². The molecule has 52 heavy (non-hydrogen) atoms. The first-order valence-electron chi connectivity index (χ1n) is 20.1. The van der Waals surface area contributed by atoms with Gasteiger partial charge in [-0.3, -0.25) is 0 Å². The highest BCUT2D eigenvalue weighted by atomic mass is 16.7. The fraction of sp³-hybridized carbons (Fsp3) is 1.00. The molecule has 1 heterocycles. The van der Waals surface area contributed by atoms with Gasteiger partial charge in [0.15, 0.2) is 6.29 Å². The highest BCUT2D eigenvalue weighted by Crippen LogP contribution is 2.29. The largest absolute Gasteiger partial charge is 0.394 e. The van der Waals surface area contributed by atoms with Crippen LogP contribution in [0, 0.1) is 0 Å². The predicted octanol–water partition coefficient (Wildman–Crippen LogP) is 4.21. The molecule has 14 nitrogen and oxygen atoms in total. The summed E-state index contributed by atoms with van der Waals surface area (Å²) in [7, 11) is 0. The van der Waals surface area contributed by atoms with E-state index in [2.05, 4.69) is 27.7 Å². The summed E-state index contributed by atoms with van der Waals surface area (Å²) in [5.74, 6) is 0. The molecule has 5 atom stereocenters. The van der Waals surface area contributed by atoms with E-state index >= 15 is 0 Å². The molecule has 0 bridgehead atoms. The molecule has 0 spiro atoms. The summed E-state index contributed by atoms with van der Waals surface area (Å²) in [6.45, 7) is 17.5. The van der Waals surface area contributed by atoms with E-state index in [-0.39, 0.29) is 33.0 Å². The van der Waals surface area contributed by atoms with Crippen molar-refractivity contribution in [3.8, 4) is 0 Å². The number of hydrogen-bond acceptors (Lipinski definition) is 14. The van der Waals surface area contributed by atoms with Crippen molar-refractivity contribution < 1.29 is 66.7 Å². The van der Waals surface area contributed by atoms with E-state index in [0.717, 1.165) is 77.8 Å². The van der Waals surface area contributed by atoms with Crippen molar-refractivity contribution in [3.63, 3.8) is 0 Å². The van der Waals surface area contributed by atoms with Crippen molar-refractivity contribution in [1.82, 2.24) is 0 Å². The van der Waals surface area contributed by atoms with E-state index in [1.54, 1.807) is 0 Å². The summed E-state index contributed by atoms with van der Waals surface area (Å²) in [6, 6.07) is 0. The fourth-order valence-corrected chi connectivity index (χ4v) is 4.95. The Kier molecular flexibility index (Phi) is 36.8. The smallest absolute Gasteiger partial charge is 0.187 e. The molecule has 0 aromatic carbocycles. The summed E-state index contributed by atoms with van der Waals surface area (Å²) in [5, 5.41) is 10.4. The van der Waals surface area contributed by atoms with Crippen LogP contribution in [0.15, 0.2) is 0 Å². The van der Waals surface area contributed by atoms with Crippen LogP contribution in [0.5, 0.6) is 0 Å². The monoisotopic (exact) mass is 757 g/mol. The second-order valence-corrected chi connectivity index (χ2v) is 12.4. The lowest BCUT2D eigenvalue weighted by Crippen LogP contribution is -2.62. The quantitative estimate of drug-likeness (QED) is 0.0891. The zero-order valence-electron chi connectivity index (χ0n) is 33.1. The van der Waals surface area contributed by atoms with Gasteiger partial charge in [0.2, 0.25) is 0 Å². The minimum Gasteiger partial charge on any atom is -0.394 e. The summed E-state index contributed by atoms with van der Waals surface area (Å²) in [5.41, 5.74) is 0. The lowest BCUT2D eigenvalue weighted by molar-refractivity contribution is -0.325. The van der Waals surface area contributed by atoms with Gasteiger partial charge in [0.05, 0.1) is 112 Å². The number of hydrogen-bond donors (Lipinski definition) is 1. The van der Waals surface area contributed by atoms with Gasteiger partial charge in [-0.25, -0.2) is 0 Å². The molecule has 0 aliphatic carbocycles. The average molecular weight is 757 g/mol. The van der Waals surface area contributed by atoms with Crippen LogP contribution in [0.25, 0.3) is 0 Å². The Morgan fingerprint density at radius 2 is 0.635 bits per heavy atom. The molecule has 0 amide bonds. The SMILES string of the molecule is CCCCOCCOCCOC1O[C@H](CO)[C@@H](OCCOCCOCCCC)[C@H](OCCOCCOCCCC)[C@H]1OCCOCCOCCCC. The predicted molar refractivity (Wildman–Crippen MR) is 197 cm³/mol. The number of ether oxygens (including phenoxy) is 13. The van der Waals surface area contributed by atoms with Gasteiger partial charge in [-0.2, -0.15) is 0 Å².